The molecule has 1 aromatic heterocycles. The van der Waals surface area contributed by atoms with E-state index in [4.69, 9.17) is 0 Å². The Balaban J connectivity index is 1.82. The normalized spacial score (nSPS) is 10.6. The van der Waals surface area contributed by atoms with Crippen molar-refractivity contribution in [1.82, 2.24) is 9.66 Å². The third-order valence-corrected chi connectivity index (χ3v) is 4.34. The maximum atomic E-state index is 9.46. The summed E-state index contributed by atoms with van der Waals surface area (Å²) < 4.78 is 2.01. The average Bonchev–Trinajstić information content (AvgIpc) is 3.11. The lowest BCUT2D eigenvalue weighted by Crippen LogP contribution is -2.23. The van der Waals surface area contributed by atoms with Gasteiger partial charge in [-0.25, -0.2) is 9.66 Å². The van der Waals surface area contributed by atoms with Gasteiger partial charge in [-0.05, 0) is 35.9 Å². The van der Waals surface area contributed by atoms with Gasteiger partial charge in [-0.3, -0.25) is 5.01 Å². The number of hydrogen-bond acceptors (Lipinski definition) is 3. The van der Waals surface area contributed by atoms with Gasteiger partial charge in [0.15, 0.2) is 0 Å². The van der Waals surface area contributed by atoms with E-state index in [9.17, 15) is 5.26 Å². The topological polar surface area (TPSA) is 44.9 Å². The summed E-state index contributed by atoms with van der Waals surface area (Å²) >= 11 is 0. The van der Waals surface area contributed by atoms with Gasteiger partial charge in [0.25, 0.3) is 0 Å². The van der Waals surface area contributed by atoms with E-state index >= 15 is 0 Å². The van der Waals surface area contributed by atoms with Crippen LogP contribution in [0.2, 0.25) is 0 Å². The Morgan fingerprint density at radius 2 is 1.72 bits per heavy atom. The molecule has 0 spiro atoms. The maximum absolute atomic E-state index is 9.46. The molecule has 4 nitrogen and oxygen atoms in total. The van der Waals surface area contributed by atoms with E-state index in [0.717, 1.165) is 27.8 Å². The lowest BCUT2D eigenvalue weighted by molar-refractivity contribution is 0.798. The Labute approximate surface area is 146 Å². The fraction of sp³-hybridized carbons (Fsp3) is 0.0476. The molecule has 4 aromatic rings. The summed E-state index contributed by atoms with van der Waals surface area (Å²) in [6.45, 7) is 0. The molecule has 0 N–H and O–H groups in total. The first-order valence-corrected chi connectivity index (χ1v) is 8.03. The zero-order valence-electron chi connectivity index (χ0n) is 13.8. The van der Waals surface area contributed by atoms with Crippen molar-refractivity contribution < 1.29 is 0 Å². The van der Waals surface area contributed by atoms with Crippen molar-refractivity contribution in [2.45, 2.75) is 0 Å². The number of benzene rings is 3. The molecule has 0 radical (unpaired) electrons. The largest absolute Gasteiger partial charge is 0.283 e. The van der Waals surface area contributed by atoms with Crippen molar-refractivity contribution in [3.8, 4) is 17.2 Å². The van der Waals surface area contributed by atoms with E-state index in [1.54, 1.807) is 0 Å². The van der Waals surface area contributed by atoms with Gasteiger partial charge in [-0.2, -0.15) is 5.26 Å². The second kappa shape index (κ2) is 6.14. The first kappa shape index (κ1) is 15.0. The minimum atomic E-state index is 0.666. The van der Waals surface area contributed by atoms with Crippen molar-refractivity contribution in [3.05, 3.63) is 84.7 Å². The summed E-state index contributed by atoms with van der Waals surface area (Å²) in [6.07, 6.45) is 1.81. The van der Waals surface area contributed by atoms with Crippen molar-refractivity contribution in [1.29, 1.82) is 5.26 Å². The Hall–Kier alpha value is -3.58. The van der Waals surface area contributed by atoms with Crippen LogP contribution in [0.15, 0.2) is 79.1 Å². The van der Waals surface area contributed by atoms with Crippen molar-refractivity contribution in [3.63, 3.8) is 0 Å². The molecule has 0 aliphatic rings. The molecule has 0 aliphatic heterocycles. The standard InChI is InChI=1S/C21H16N4/c1-24(25-15-23-20-9-5-6-10-21(20)25)18-12-11-17(14-22)19(13-18)16-7-3-2-4-8-16/h2-13,15H,1H3. The van der Waals surface area contributed by atoms with E-state index in [1.165, 1.54) is 0 Å². The van der Waals surface area contributed by atoms with Crippen LogP contribution < -0.4 is 5.01 Å². The molecule has 4 rings (SSSR count). The first-order valence-electron chi connectivity index (χ1n) is 8.03. The number of nitriles is 1. The molecule has 0 unspecified atom stereocenters. The smallest absolute Gasteiger partial charge is 0.116 e. The molecule has 0 bridgehead atoms. The van der Waals surface area contributed by atoms with E-state index in [1.807, 2.05) is 95.9 Å². The van der Waals surface area contributed by atoms with Crippen molar-refractivity contribution in [2.75, 3.05) is 12.1 Å². The highest BCUT2D eigenvalue weighted by Gasteiger charge is 2.11. The zero-order valence-corrected chi connectivity index (χ0v) is 13.8. The predicted octanol–water partition coefficient (Wildman–Crippen LogP) is 4.47. The molecule has 25 heavy (non-hydrogen) atoms. The molecule has 4 heteroatoms. The molecule has 120 valence electrons. The number of rotatable bonds is 3. The summed E-state index contributed by atoms with van der Waals surface area (Å²) in [5.41, 5.74) is 5.60. The monoisotopic (exact) mass is 324 g/mol. The van der Waals surface area contributed by atoms with Crippen LogP contribution in [0.25, 0.3) is 22.2 Å². The first-order chi connectivity index (χ1) is 12.3. The van der Waals surface area contributed by atoms with E-state index in [0.29, 0.717) is 5.56 Å². The van der Waals surface area contributed by atoms with Gasteiger partial charge < -0.3 is 0 Å². The molecular weight excluding hydrogens is 308 g/mol. The van der Waals surface area contributed by atoms with E-state index in [-0.39, 0.29) is 0 Å². The second-order valence-corrected chi connectivity index (χ2v) is 5.81. The van der Waals surface area contributed by atoms with Gasteiger partial charge in [0.1, 0.15) is 6.33 Å². The van der Waals surface area contributed by atoms with Crippen LogP contribution in [0, 0.1) is 11.3 Å². The van der Waals surface area contributed by atoms with Gasteiger partial charge in [0, 0.05) is 12.6 Å². The number of aromatic nitrogens is 2. The third kappa shape index (κ3) is 2.62. The summed E-state index contributed by atoms with van der Waals surface area (Å²) in [7, 11) is 1.99. The quantitative estimate of drug-likeness (QED) is 0.558. The van der Waals surface area contributed by atoms with Crippen LogP contribution in [0.4, 0.5) is 5.69 Å². The van der Waals surface area contributed by atoms with E-state index in [2.05, 4.69) is 11.1 Å². The van der Waals surface area contributed by atoms with E-state index < -0.39 is 0 Å². The number of fused-ring (bicyclic) bond motifs is 1. The van der Waals surface area contributed by atoms with Gasteiger partial charge in [0.05, 0.1) is 28.4 Å². The molecular formula is C21H16N4. The summed E-state index contributed by atoms with van der Waals surface area (Å²) in [4.78, 5) is 4.45. The highest BCUT2D eigenvalue weighted by Crippen LogP contribution is 2.28. The molecule has 0 fully saturated rings. The second-order valence-electron chi connectivity index (χ2n) is 5.81. The molecule has 0 aliphatic carbocycles. The highest BCUT2D eigenvalue weighted by atomic mass is 15.5. The zero-order chi connectivity index (χ0) is 17.2. The number of para-hydroxylation sites is 2. The number of hydrogen-bond donors (Lipinski definition) is 0. The van der Waals surface area contributed by atoms with Crippen LogP contribution in [0.3, 0.4) is 0 Å². The van der Waals surface area contributed by atoms with Crippen LogP contribution in [-0.4, -0.2) is 16.7 Å². The van der Waals surface area contributed by atoms with Gasteiger partial charge in [0.2, 0.25) is 0 Å². The molecule has 0 atom stereocenters. The summed E-state index contributed by atoms with van der Waals surface area (Å²) in [5, 5.41) is 11.5. The minimum Gasteiger partial charge on any atom is -0.283 e. The molecule has 0 amide bonds. The summed E-state index contributed by atoms with van der Waals surface area (Å²) in [6, 6.07) is 26.2. The van der Waals surface area contributed by atoms with Crippen LogP contribution in [0.5, 0.6) is 0 Å². The third-order valence-electron chi connectivity index (χ3n) is 4.34. The van der Waals surface area contributed by atoms with Gasteiger partial charge >= 0.3 is 0 Å². The Morgan fingerprint density at radius 1 is 0.960 bits per heavy atom. The number of imidazole rings is 1. The molecule has 0 saturated carbocycles. The molecule has 1 heterocycles. The Bertz CT molecular complexity index is 1070. The van der Waals surface area contributed by atoms with Crippen LogP contribution in [-0.2, 0) is 0 Å². The lowest BCUT2D eigenvalue weighted by atomic mass is 9.99. The van der Waals surface area contributed by atoms with Crippen molar-refractivity contribution >= 4 is 16.7 Å². The highest BCUT2D eigenvalue weighted by molar-refractivity contribution is 5.78. The fourth-order valence-corrected chi connectivity index (χ4v) is 3.00. The Kier molecular flexibility index (Phi) is 3.68. The average molecular weight is 324 g/mol. The van der Waals surface area contributed by atoms with Crippen LogP contribution >= 0.6 is 0 Å². The lowest BCUT2D eigenvalue weighted by Gasteiger charge is -2.22. The van der Waals surface area contributed by atoms with Crippen LogP contribution in [0.1, 0.15) is 5.56 Å². The number of anilines is 1. The SMILES string of the molecule is CN(c1ccc(C#N)c(-c2ccccc2)c1)n1cnc2ccccc21. The van der Waals surface area contributed by atoms with Gasteiger partial charge in [-0.1, -0.05) is 42.5 Å². The predicted molar refractivity (Wildman–Crippen MR) is 100 cm³/mol. The molecule has 0 saturated heterocycles. The fourth-order valence-electron chi connectivity index (χ4n) is 3.00. The van der Waals surface area contributed by atoms with Crippen molar-refractivity contribution in [2.24, 2.45) is 0 Å². The minimum absolute atomic E-state index is 0.666. The maximum Gasteiger partial charge on any atom is 0.116 e. The molecule has 3 aromatic carbocycles. The summed E-state index contributed by atoms with van der Waals surface area (Å²) in [5.74, 6) is 0. The Morgan fingerprint density at radius 3 is 2.52 bits per heavy atom. The number of nitrogens with zero attached hydrogens (tertiary/aromatic N) is 4. The van der Waals surface area contributed by atoms with Gasteiger partial charge in [-0.15, -0.1) is 0 Å².